The first-order chi connectivity index (χ1) is 7.25. The summed E-state index contributed by atoms with van der Waals surface area (Å²) in [6.45, 7) is 2.34. The molecule has 0 saturated heterocycles. The van der Waals surface area contributed by atoms with Crippen LogP contribution in [0, 0.1) is 6.92 Å². The topological polar surface area (TPSA) is 105 Å². The monoisotopic (exact) mass is 205 g/mol. The first kappa shape index (κ1) is 9.38. The highest BCUT2D eigenvalue weighted by Crippen LogP contribution is 2.11. The molecule has 2 rings (SSSR count). The second kappa shape index (κ2) is 3.91. The average Bonchev–Trinajstić information content (AvgIpc) is 2.73. The second-order valence-corrected chi connectivity index (χ2v) is 3.05. The van der Waals surface area contributed by atoms with Crippen LogP contribution in [0.15, 0.2) is 12.1 Å². The highest BCUT2D eigenvalue weighted by Gasteiger charge is 2.00. The van der Waals surface area contributed by atoms with Gasteiger partial charge in [-0.15, -0.1) is 10.2 Å². The largest absolute Gasteiger partial charge is 0.397 e. The molecule has 0 atom stereocenters. The van der Waals surface area contributed by atoms with Crippen molar-refractivity contribution in [2.45, 2.75) is 13.5 Å². The molecule has 0 saturated carbocycles. The molecule has 15 heavy (non-hydrogen) atoms. The summed E-state index contributed by atoms with van der Waals surface area (Å²) in [6, 6.07) is 3.61. The van der Waals surface area contributed by atoms with E-state index in [9.17, 15) is 0 Å². The fourth-order valence-corrected chi connectivity index (χ4v) is 1.10. The number of hydrogen-bond donors (Lipinski definition) is 3. The molecule has 2 aromatic heterocycles. The SMILES string of the molecule is Cc1nc(NCc2nn[nH]n2)ccc1N. The van der Waals surface area contributed by atoms with Crippen LogP contribution in [0.5, 0.6) is 0 Å². The Hall–Kier alpha value is -2.18. The van der Waals surface area contributed by atoms with E-state index in [1.54, 1.807) is 6.07 Å². The van der Waals surface area contributed by atoms with E-state index in [4.69, 9.17) is 5.73 Å². The number of nitrogens with one attached hydrogen (secondary N) is 2. The van der Waals surface area contributed by atoms with Crippen LogP contribution in [0.4, 0.5) is 11.5 Å². The molecule has 0 spiro atoms. The number of H-pyrrole nitrogens is 1. The van der Waals surface area contributed by atoms with E-state index in [0.717, 1.165) is 11.5 Å². The molecule has 0 amide bonds. The van der Waals surface area contributed by atoms with Crippen LogP contribution < -0.4 is 11.1 Å². The number of hydrogen-bond acceptors (Lipinski definition) is 6. The third-order valence-electron chi connectivity index (χ3n) is 1.94. The average molecular weight is 205 g/mol. The van der Waals surface area contributed by atoms with Crippen molar-refractivity contribution < 1.29 is 0 Å². The Morgan fingerprint density at radius 1 is 1.47 bits per heavy atom. The van der Waals surface area contributed by atoms with Crippen LogP contribution in [0.3, 0.4) is 0 Å². The predicted octanol–water partition coefficient (Wildman–Crippen LogP) is 0.0974. The lowest BCUT2D eigenvalue weighted by molar-refractivity contribution is 0.881. The molecule has 7 heteroatoms. The van der Waals surface area contributed by atoms with E-state index in [-0.39, 0.29) is 0 Å². The number of aromatic nitrogens is 5. The molecular weight excluding hydrogens is 194 g/mol. The smallest absolute Gasteiger partial charge is 0.193 e. The zero-order valence-electron chi connectivity index (χ0n) is 8.23. The summed E-state index contributed by atoms with van der Waals surface area (Å²) in [7, 11) is 0. The van der Waals surface area contributed by atoms with E-state index < -0.39 is 0 Å². The maximum Gasteiger partial charge on any atom is 0.193 e. The molecule has 0 aromatic carbocycles. The highest BCUT2D eigenvalue weighted by atomic mass is 15.5. The van der Waals surface area contributed by atoms with Gasteiger partial charge in [0.25, 0.3) is 0 Å². The first-order valence-electron chi connectivity index (χ1n) is 4.45. The molecule has 0 aliphatic heterocycles. The van der Waals surface area contributed by atoms with Crippen molar-refractivity contribution in [3.8, 4) is 0 Å². The summed E-state index contributed by atoms with van der Waals surface area (Å²) in [6.07, 6.45) is 0. The summed E-state index contributed by atoms with van der Waals surface area (Å²) in [4.78, 5) is 4.25. The number of tetrazole rings is 1. The van der Waals surface area contributed by atoms with Gasteiger partial charge in [-0.1, -0.05) is 5.21 Å². The minimum atomic E-state index is 0.479. The van der Waals surface area contributed by atoms with Crippen molar-refractivity contribution in [1.82, 2.24) is 25.6 Å². The minimum absolute atomic E-state index is 0.479. The maximum absolute atomic E-state index is 5.65. The van der Waals surface area contributed by atoms with Crippen molar-refractivity contribution in [3.05, 3.63) is 23.7 Å². The van der Waals surface area contributed by atoms with Gasteiger partial charge in [0.2, 0.25) is 0 Å². The van der Waals surface area contributed by atoms with Gasteiger partial charge in [-0.25, -0.2) is 4.98 Å². The van der Waals surface area contributed by atoms with Crippen molar-refractivity contribution in [1.29, 1.82) is 0 Å². The van der Waals surface area contributed by atoms with Crippen molar-refractivity contribution in [2.24, 2.45) is 0 Å². The number of nitrogen functional groups attached to an aromatic ring is 1. The van der Waals surface area contributed by atoms with Crippen LogP contribution in [0.1, 0.15) is 11.5 Å². The van der Waals surface area contributed by atoms with Crippen LogP contribution in [-0.4, -0.2) is 25.6 Å². The summed E-state index contributed by atoms with van der Waals surface area (Å²) in [5.74, 6) is 1.33. The molecule has 0 aliphatic rings. The van der Waals surface area contributed by atoms with Gasteiger partial charge in [-0.3, -0.25) is 0 Å². The number of rotatable bonds is 3. The zero-order valence-corrected chi connectivity index (χ0v) is 8.23. The molecule has 78 valence electrons. The molecule has 7 nitrogen and oxygen atoms in total. The third kappa shape index (κ3) is 2.19. The summed E-state index contributed by atoms with van der Waals surface area (Å²) in [5.41, 5.74) is 7.13. The molecule has 0 unspecified atom stereocenters. The Bertz CT molecular complexity index is 436. The highest BCUT2D eigenvalue weighted by molar-refractivity contribution is 5.48. The number of aromatic amines is 1. The lowest BCUT2D eigenvalue weighted by Crippen LogP contribution is -2.04. The van der Waals surface area contributed by atoms with Gasteiger partial charge in [-0.2, -0.15) is 5.21 Å². The van der Waals surface area contributed by atoms with Gasteiger partial charge in [0.15, 0.2) is 5.82 Å². The number of nitrogens with zero attached hydrogens (tertiary/aromatic N) is 4. The molecule has 0 aliphatic carbocycles. The molecule has 2 heterocycles. The van der Waals surface area contributed by atoms with Crippen LogP contribution in [0.25, 0.3) is 0 Å². The molecule has 0 fully saturated rings. The minimum Gasteiger partial charge on any atom is -0.397 e. The van der Waals surface area contributed by atoms with Gasteiger partial charge in [0.05, 0.1) is 17.9 Å². The fraction of sp³-hybridized carbons (Fsp3) is 0.250. The van der Waals surface area contributed by atoms with Gasteiger partial charge in [0.1, 0.15) is 5.82 Å². The Kier molecular flexibility index (Phi) is 2.44. The number of pyridine rings is 1. The Morgan fingerprint density at radius 3 is 3.00 bits per heavy atom. The lowest BCUT2D eigenvalue weighted by Gasteiger charge is -2.04. The molecule has 0 radical (unpaired) electrons. The van der Waals surface area contributed by atoms with Gasteiger partial charge >= 0.3 is 0 Å². The van der Waals surface area contributed by atoms with E-state index in [1.165, 1.54) is 0 Å². The normalized spacial score (nSPS) is 10.2. The quantitative estimate of drug-likeness (QED) is 0.656. The zero-order chi connectivity index (χ0) is 10.7. The van der Waals surface area contributed by atoms with E-state index in [2.05, 4.69) is 30.9 Å². The van der Waals surface area contributed by atoms with Crippen LogP contribution in [-0.2, 0) is 6.54 Å². The Morgan fingerprint density at radius 2 is 2.33 bits per heavy atom. The van der Waals surface area contributed by atoms with E-state index in [0.29, 0.717) is 18.1 Å². The van der Waals surface area contributed by atoms with Gasteiger partial charge in [-0.05, 0) is 19.1 Å². The Labute approximate surface area is 86.1 Å². The van der Waals surface area contributed by atoms with E-state index in [1.807, 2.05) is 13.0 Å². The maximum atomic E-state index is 5.65. The van der Waals surface area contributed by atoms with Crippen molar-refractivity contribution in [3.63, 3.8) is 0 Å². The first-order valence-corrected chi connectivity index (χ1v) is 4.45. The Balaban J connectivity index is 2.02. The molecule has 2 aromatic rings. The van der Waals surface area contributed by atoms with Crippen molar-refractivity contribution >= 4 is 11.5 Å². The summed E-state index contributed by atoms with van der Waals surface area (Å²) in [5, 5.41) is 16.5. The van der Waals surface area contributed by atoms with Crippen LogP contribution >= 0.6 is 0 Å². The molecule has 4 N–H and O–H groups in total. The molecular formula is C8H11N7. The molecule has 0 bridgehead atoms. The standard InChI is InChI=1S/C8H11N7/c1-5-6(9)2-3-7(11-5)10-4-8-12-14-15-13-8/h2-3H,4,9H2,1H3,(H,10,11)(H,12,13,14,15). The summed E-state index contributed by atoms with van der Waals surface area (Å²) >= 11 is 0. The number of anilines is 2. The third-order valence-corrected chi connectivity index (χ3v) is 1.94. The van der Waals surface area contributed by atoms with Crippen LogP contribution in [0.2, 0.25) is 0 Å². The second-order valence-electron chi connectivity index (χ2n) is 3.05. The fourth-order valence-electron chi connectivity index (χ4n) is 1.10. The van der Waals surface area contributed by atoms with Crippen molar-refractivity contribution in [2.75, 3.05) is 11.1 Å². The number of nitrogens with two attached hydrogens (primary N) is 1. The van der Waals surface area contributed by atoms with Gasteiger partial charge in [0, 0.05) is 0 Å². The summed E-state index contributed by atoms with van der Waals surface area (Å²) < 4.78 is 0. The lowest BCUT2D eigenvalue weighted by atomic mass is 10.3. The van der Waals surface area contributed by atoms with E-state index >= 15 is 0 Å². The predicted molar refractivity (Wildman–Crippen MR) is 54.9 cm³/mol. The van der Waals surface area contributed by atoms with Gasteiger partial charge < -0.3 is 11.1 Å². The number of aryl methyl sites for hydroxylation is 1.